The third kappa shape index (κ3) is 1.55. The van der Waals surface area contributed by atoms with E-state index < -0.39 is 5.60 Å². The van der Waals surface area contributed by atoms with Gasteiger partial charge in [0, 0.05) is 5.41 Å². The molecule has 0 aromatic rings. The molecule has 3 heteroatoms. The van der Waals surface area contributed by atoms with Crippen LogP contribution < -0.4 is 5.48 Å². The number of hydroxylamine groups is 1. The lowest BCUT2D eigenvalue weighted by atomic mass is 9.48. The second kappa shape index (κ2) is 4.01. The minimum Gasteiger partial charge on any atom is -0.268 e. The number of nitrogens with one attached hydrogen (secondary N) is 1. The SMILES string of the molecule is CCC1(C)ONC(C23CC4CC(CC(C4)C2)C3)=C1C#N. The van der Waals surface area contributed by atoms with Gasteiger partial charge in [-0.3, -0.25) is 10.3 Å². The molecule has 3 nitrogen and oxygen atoms in total. The molecule has 4 saturated carbocycles. The quantitative estimate of drug-likeness (QED) is 0.834. The van der Waals surface area contributed by atoms with Crippen molar-refractivity contribution < 1.29 is 4.84 Å². The summed E-state index contributed by atoms with van der Waals surface area (Å²) in [6, 6.07) is 2.47. The number of nitrogens with zero attached hydrogens (tertiary/aromatic N) is 1. The molecule has 0 radical (unpaired) electrons. The zero-order chi connectivity index (χ0) is 14.0. The Hall–Kier alpha value is -1.01. The average molecular weight is 272 g/mol. The predicted octanol–water partition coefficient (Wildman–Crippen LogP) is 3.68. The number of hydrogen-bond acceptors (Lipinski definition) is 3. The summed E-state index contributed by atoms with van der Waals surface area (Å²) in [6.45, 7) is 4.15. The van der Waals surface area contributed by atoms with Gasteiger partial charge in [0.25, 0.3) is 0 Å². The minimum atomic E-state index is -0.423. The van der Waals surface area contributed by atoms with E-state index in [4.69, 9.17) is 4.84 Å². The normalized spacial score (nSPS) is 49.4. The number of hydrogen-bond donors (Lipinski definition) is 1. The second-order valence-corrected chi connectivity index (χ2v) is 7.85. The highest BCUT2D eigenvalue weighted by Crippen LogP contribution is 2.63. The first-order valence-corrected chi connectivity index (χ1v) is 8.18. The molecular formula is C17H24N2O. The molecule has 1 atom stereocenters. The lowest BCUT2D eigenvalue weighted by molar-refractivity contribution is -0.0658. The van der Waals surface area contributed by atoms with Crippen molar-refractivity contribution in [3.8, 4) is 6.07 Å². The fourth-order valence-corrected chi connectivity index (χ4v) is 5.74. The molecule has 0 aromatic heterocycles. The van der Waals surface area contributed by atoms with Gasteiger partial charge in [-0.15, -0.1) is 0 Å². The van der Waals surface area contributed by atoms with Gasteiger partial charge in [0.05, 0.1) is 17.3 Å². The van der Waals surface area contributed by atoms with E-state index in [1.165, 1.54) is 38.5 Å². The van der Waals surface area contributed by atoms with Crippen molar-refractivity contribution in [2.75, 3.05) is 0 Å². The van der Waals surface area contributed by atoms with Gasteiger partial charge in [0.15, 0.2) is 0 Å². The van der Waals surface area contributed by atoms with Crippen LogP contribution >= 0.6 is 0 Å². The number of rotatable bonds is 2. The lowest BCUT2D eigenvalue weighted by Gasteiger charge is -2.57. The highest BCUT2D eigenvalue weighted by molar-refractivity contribution is 5.41. The van der Waals surface area contributed by atoms with Crippen molar-refractivity contribution in [3.05, 3.63) is 11.3 Å². The van der Waals surface area contributed by atoms with Crippen molar-refractivity contribution >= 4 is 0 Å². The van der Waals surface area contributed by atoms with Gasteiger partial charge in [-0.2, -0.15) is 5.26 Å². The highest BCUT2D eigenvalue weighted by atomic mass is 16.7. The van der Waals surface area contributed by atoms with E-state index >= 15 is 0 Å². The first kappa shape index (κ1) is 12.7. The first-order valence-electron chi connectivity index (χ1n) is 8.18. The molecule has 1 N–H and O–H groups in total. The summed E-state index contributed by atoms with van der Waals surface area (Å²) in [6.07, 6.45) is 8.96. The van der Waals surface area contributed by atoms with Crippen LogP contribution in [0.2, 0.25) is 0 Å². The summed E-state index contributed by atoms with van der Waals surface area (Å²) in [5.41, 5.74) is 5.05. The third-order valence-corrected chi connectivity index (χ3v) is 6.51. The molecule has 4 fully saturated rings. The van der Waals surface area contributed by atoms with E-state index in [0.29, 0.717) is 0 Å². The van der Waals surface area contributed by atoms with E-state index in [0.717, 1.165) is 35.4 Å². The van der Waals surface area contributed by atoms with Gasteiger partial charge in [0.2, 0.25) is 0 Å². The maximum atomic E-state index is 9.68. The van der Waals surface area contributed by atoms with Crippen LogP contribution in [0.1, 0.15) is 58.8 Å². The molecule has 0 amide bonds. The fraction of sp³-hybridized carbons (Fsp3) is 0.824. The summed E-state index contributed by atoms with van der Waals surface area (Å²) in [7, 11) is 0. The fourth-order valence-electron chi connectivity index (χ4n) is 5.74. The van der Waals surface area contributed by atoms with Crippen LogP contribution in [0.3, 0.4) is 0 Å². The maximum absolute atomic E-state index is 9.68. The molecule has 0 aromatic carbocycles. The highest BCUT2D eigenvalue weighted by Gasteiger charge is 2.56. The van der Waals surface area contributed by atoms with E-state index in [1.807, 2.05) is 6.92 Å². The first-order chi connectivity index (χ1) is 9.58. The molecule has 4 aliphatic carbocycles. The monoisotopic (exact) mass is 272 g/mol. The summed E-state index contributed by atoms with van der Waals surface area (Å²) in [4.78, 5) is 5.85. The summed E-state index contributed by atoms with van der Waals surface area (Å²) < 4.78 is 0. The van der Waals surface area contributed by atoms with Gasteiger partial charge in [-0.1, -0.05) is 6.92 Å². The van der Waals surface area contributed by atoms with E-state index in [1.54, 1.807) is 0 Å². The Labute approximate surface area is 121 Å². The van der Waals surface area contributed by atoms with Crippen LogP contribution in [0.15, 0.2) is 11.3 Å². The van der Waals surface area contributed by atoms with E-state index in [9.17, 15) is 5.26 Å². The predicted molar refractivity (Wildman–Crippen MR) is 76.2 cm³/mol. The van der Waals surface area contributed by atoms with Crippen molar-refractivity contribution in [2.24, 2.45) is 23.2 Å². The summed E-state index contributed by atoms with van der Waals surface area (Å²) in [5.74, 6) is 2.68. The van der Waals surface area contributed by atoms with Gasteiger partial charge in [0.1, 0.15) is 5.60 Å². The summed E-state index contributed by atoms with van der Waals surface area (Å²) >= 11 is 0. The van der Waals surface area contributed by atoms with Crippen LogP contribution in [0.5, 0.6) is 0 Å². The molecule has 20 heavy (non-hydrogen) atoms. The van der Waals surface area contributed by atoms with Crippen LogP contribution in [0.25, 0.3) is 0 Å². The van der Waals surface area contributed by atoms with Gasteiger partial charge < -0.3 is 0 Å². The van der Waals surface area contributed by atoms with Crippen molar-refractivity contribution in [1.82, 2.24) is 5.48 Å². The van der Waals surface area contributed by atoms with Crippen LogP contribution in [-0.4, -0.2) is 5.60 Å². The Kier molecular flexibility index (Phi) is 2.55. The largest absolute Gasteiger partial charge is 0.268 e. The Balaban J connectivity index is 1.77. The Morgan fingerprint density at radius 2 is 1.75 bits per heavy atom. The molecule has 1 unspecified atom stereocenters. The Morgan fingerprint density at radius 3 is 2.20 bits per heavy atom. The van der Waals surface area contributed by atoms with Gasteiger partial charge in [-0.25, -0.2) is 0 Å². The molecule has 108 valence electrons. The van der Waals surface area contributed by atoms with E-state index in [2.05, 4.69) is 18.5 Å². The molecule has 0 saturated heterocycles. The zero-order valence-corrected chi connectivity index (χ0v) is 12.5. The third-order valence-electron chi connectivity index (χ3n) is 6.51. The van der Waals surface area contributed by atoms with Crippen LogP contribution in [0, 0.1) is 34.5 Å². The molecule has 1 heterocycles. The maximum Gasteiger partial charge on any atom is 0.129 e. The zero-order valence-electron chi connectivity index (χ0n) is 12.5. The molecule has 4 bridgehead atoms. The minimum absolute atomic E-state index is 0.229. The Bertz CT molecular complexity index is 480. The number of allylic oxidation sites excluding steroid dienone is 1. The Morgan fingerprint density at radius 1 is 1.20 bits per heavy atom. The smallest absolute Gasteiger partial charge is 0.129 e. The van der Waals surface area contributed by atoms with Gasteiger partial charge >= 0.3 is 0 Å². The lowest BCUT2D eigenvalue weighted by Crippen LogP contribution is -2.48. The number of nitriles is 1. The van der Waals surface area contributed by atoms with Crippen molar-refractivity contribution in [3.63, 3.8) is 0 Å². The standard InChI is InChI=1S/C17H24N2O/c1-3-16(2)14(10-18)15(19-20-16)17-7-11-4-12(8-17)6-13(5-11)9-17/h11-13,19H,3-9H2,1-2H3. The molecule has 5 aliphatic rings. The summed E-state index contributed by atoms with van der Waals surface area (Å²) in [5, 5.41) is 9.68. The van der Waals surface area contributed by atoms with Crippen molar-refractivity contribution in [1.29, 1.82) is 5.26 Å². The van der Waals surface area contributed by atoms with E-state index in [-0.39, 0.29) is 5.41 Å². The van der Waals surface area contributed by atoms with Gasteiger partial charge in [-0.05, 0) is 69.6 Å². The average Bonchev–Trinajstić information content (AvgIpc) is 2.75. The second-order valence-electron chi connectivity index (χ2n) is 7.85. The van der Waals surface area contributed by atoms with Crippen LogP contribution in [0.4, 0.5) is 0 Å². The molecule has 0 spiro atoms. The van der Waals surface area contributed by atoms with Crippen LogP contribution in [-0.2, 0) is 4.84 Å². The topological polar surface area (TPSA) is 45.0 Å². The molecule has 1 aliphatic heterocycles. The van der Waals surface area contributed by atoms with Crippen molar-refractivity contribution in [2.45, 2.75) is 64.4 Å². The molecule has 5 rings (SSSR count). The molecular weight excluding hydrogens is 248 g/mol.